The van der Waals surface area contributed by atoms with Gasteiger partial charge in [-0.15, -0.1) is 0 Å². The topological polar surface area (TPSA) is 119 Å². The molecule has 10 heteroatoms. The molecular formula is C32H51NO9. The number of carbonyl (C=O) groups is 3. The van der Waals surface area contributed by atoms with Gasteiger partial charge in [-0.25, -0.2) is 0 Å². The zero-order valence-electron chi connectivity index (χ0n) is 26.7. The molecule has 238 valence electrons. The van der Waals surface area contributed by atoms with E-state index in [1.165, 1.54) is 13.8 Å². The van der Waals surface area contributed by atoms with E-state index in [1.54, 1.807) is 20.9 Å². The van der Waals surface area contributed by atoms with Gasteiger partial charge in [-0.1, -0.05) is 20.8 Å². The zero-order chi connectivity index (χ0) is 30.7. The molecule has 10 atom stereocenters. The fourth-order valence-electron chi connectivity index (χ4n) is 9.97. The largest absolute Gasteiger partial charge is 0.462 e. The van der Waals surface area contributed by atoms with Gasteiger partial charge in [0.15, 0.2) is 0 Å². The first-order valence-electron chi connectivity index (χ1n) is 15.9. The van der Waals surface area contributed by atoms with Crippen LogP contribution in [0.25, 0.3) is 0 Å². The number of fused-ring (bicyclic) bond motifs is 5. The SMILES string of the molecule is CNC(=O)CC[C@@H](C)[C@H]1CC[C@H]2[C@@H]3[C@H](OC(C)=O)C[C@@H]4CC5(CC[C@]4(C)[C@H]3C[C@H](OC(C)=O)[C@]12C)OOC(C)(C)OO5. The Hall–Kier alpha value is -1.75. The van der Waals surface area contributed by atoms with Crippen molar-refractivity contribution in [1.82, 2.24) is 5.32 Å². The summed E-state index contributed by atoms with van der Waals surface area (Å²) in [6.45, 7) is 13.3. The molecule has 1 spiro atoms. The number of esters is 2. The van der Waals surface area contributed by atoms with Crippen molar-refractivity contribution in [2.24, 2.45) is 46.3 Å². The molecule has 0 unspecified atom stereocenters. The lowest BCUT2D eigenvalue weighted by Crippen LogP contribution is -2.65. The highest BCUT2D eigenvalue weighted by molar-refractivity contribution is 5.75. The van der Waals surface area contributed by atoms with Crippen LogP contribution in [0.1, 0.15) is 106 Å². The van der Waals surface area contributed by atoms with E-state index in [2.05, 4.69) is 26.1 Å². The average molecular weight is 594 g/mol. The van der Waals surface area contributed by atoms with Crippen LogP contribution in [0.5, 0.6) is 0 Å². The van der Waals surface area contributed by atoms with Crippen LogP contribution in [0.15, 0.2) is 0 Å². The van der Waals surface area contributed by atoms with Crippen LogP contribution in [0.4, 0.5) is 0 Å². The smallest absolute Gasteiger partial charge is 0.302 e. The summed E-state index contributed by atoms with van der Waals surface area (Å²) < 4.78 is 12.4. The Balaban J connectivity index is 1.47. The van der Waals surface area contributed by atoms with Gasteiger partial charge in [0.25, 0.3) is 0 Å². The molecule has 42 heavy (non-hydrogen) atoms. The molecule has 1 N–H and O–H groups in total. The summed E-state index contributed by atoms with van der Waals surface area (Å²) in [5.74, 6) is -1.25. The first kappa shape index (κ1) is 31.7. The summed E-state index contributed by atoms with van der Waals surface area (Å²) in [4.78, 5) is 60.0. The number of carbonyl (C=O) groups excluding carboxylic acids is 3. The second-order valence-corrected chi connectivity index (χ2v) is 14.8. The lowest BCUT2D eigenvalue weighted by molar-refractivity contribution is -0.656. The fourth-order valence-corrected chi connectivity index (χ4v) is 9.97. The molecular weight excluding hydrogens is 542 g/mol. The molecule has 1 aliphatic heterocycles. The highest BCUT2D eigenvalue weighted by Gasteiger charge is 2.69. The quantitative estimate of drug-likeness (QED) is 0.326. The molecule has 1 saturated heterocycles. The van der Waals surface area contributed by atoms with Gasteiger partial charge in [0.1, 0.15) is 12.2 Å². The fraction of sp³-hybridized carbons (Fsp3) is 0.906. The second-order valence-electron chi connectivity index (χ2n) is 14.8. The predicted octanol–water partition coefficient (Wildman–Crippen LogP) is 5.23. The summed E-state index contributed by atoms with van der Waals surface area (Å²) in [7, 11) is 1.67. The number of rotatable bonds is 6. The Morgan fingerprint density at radius 3 is 2.19 bits per heavy atom. The maximum Gasteiger partial charge on any atom is 0.302 e. The Labute approximate surface area is 250 Å². The first-order valence-corrected chi connectivity index (χ1v) is 15.9. The molecule has 5 rings (SSSR count). The van der Waals surface area contributed by atoms with Gasteiger partial charge >= 0.3 is 11.9 Å². The third-order valence-electron chi connectivity index (χ3n) is 12.0. The number of amides is 1. The van der Waals surface area contributed by atoms with E-state index < -0.39 is 11.6 Å². The van der Waals surface area contributed by atoms with Gasteiger partial charge in [-0.3, -0.25) is 14.4 Å². The molecule has 4 saturated carbocycles. The van der Waals surface area contributed by atoms with E-state index >= 15 is 0 Å². The molecule has 0 aromatic rings. The van der Waals surface area contributed by atoms with Crippen molar-refractivity contribution in [2.45, 2.75) is 130 Å². The summed E-state index contributed by atoms with van der Waals surface area (Å²) in [6.07, 6.45) is 6.13. The third kappa shape index (κ3) is 5.50. The Morgan fingerprint density at radius 1 is 0.905 bits per heavy atom. The maximum absolute atomic E-state index is 12.6. The summed E-state index contributed by atoms with van der Waals surface area (Å²) in [6, 6.07) is 0. The Bertz CT molecular complexity index is 1050. The van der Waals surface area contributed by atoms with Gasteiger partial charge < -0.3 is 14.8 Å². The van der Waals surface area contributed by atoms with Crippen molar-refractivity contribution < 1.29 is 43.4 Å². The van der Waals surface area contributed by atoms with Crippen LogP contribution in [-0.4, -0.2) is 48.7 Å². The van der Waals surface area contributed by atoms with Crippen molar-refractivity contribution >= 4 is 17.8 Å². The highest BCUT2D eigenvalue weighted by atomic mass is 17.4. The van der Waals surface area contributed by atoms with E-state index in [-0.39, 0.29) is 76.4 Å². The van der Waals surface area contributed by atoms with E-state index in [9.17, 15) is 14.4 Å². The molecule has 1 amide bonds. The molecule has 5 aliphatic rings. The van der Waals surface area contributed by atoms with Gasteiger partial charge in [0.2, 0.25) is 17.5 Å². The van der Waals surface area contributed by atoms with E-state index in [4.69, 9.17) is 29.0 Å². The van der Waals surface area contributed by atoms with Crippen LogP contribution >= 0.6 is 0 Å². The first-order chi connectivity index (χ1) is 19.6. The Morgan fingerprint density at radius 2 is 1.57 bits per heavy atom. The number of hydrogen-bond acceptors (Lipinski definition) is 9. The van der Waals surface area contributed by atoms with Gasteiger partial charge in [-0.2, -0.15) is 19.6 Å². The van der Waals surface area contributed by atoms with Crippen molar-refractivity contribution in [3.05, 3.63) is 0 Å². The number of hydrogen-bond donors (Lipinski definition) is 1. The van der Waals surface area contributed by atoms with E-state index in [0.29, 0.717) is 25.7 Å². The molecule has 0 radical (unpaired) electrons. The zero-order valence-corrected chi connectivity index (χ0v) is 26.7. The molecule has 10 nitrogen and oxygen atoms in total. The van der Waals surface area contributed by atoms with Gasteiger partial charge in [-0.05, 0) is 87.4 Å². The standard InChI is InChI=1S/C32H51NO9/c1-18(9-12-27(36)33-8)22-10-11-23-28-24(16-26(31(22,23)7)38-20(3)35)30(6)13-14-32(41-39-29(4,5)40-42-32)17-21(30)15-25(28)37-19(2)34/h18,21-26,28H,9-17H2,1-8H3,(H,33,36)/t18-,21-,22-,23+,24+,25-,26+,28+,30+,31-/m1/s1. The minimum atomic E-state index is -1.01. The molecule has 0 aromatic heterocycles. The van der Waals surface area contributed by atoms with Crippen LogP contribution < -0.4 is 5.32 Å². The Kier molecular flexibility index (Phi) is 8.53. The van der Waals surface area contributed by atoms with Crippen LogP contribution in [0, 0.1) is 46.3 Å². The monoisotopic (exact) mass is 593 g/mol. The van der Waals surface area contributed by atoms with Crippen molar-refractivity contribution in [3.63, 3.8) is 0 Å². The predicted molar refractivity (Wildman–Crippen MR) is 151 cm³/mol. The van der Waals surface area contributed by atoms with Gasteiger partial charge in [0, 0.05) is 51.5 Å². The number of ether oxygens (including phenoxy) is 2. The van der Waals surface area contributed by atoms with Crippen molar-refractivity contribution in [1.29, 1.82) is 0 Å². The molecule has 1 heterocycles. The van der Waals surface area contributed by atoms with Crippen molar-refractivity contribution in [3.8, 4) is 0 Å². The molecule has 0 bridgehead atoms. The van der Waals surface area contributed by atoms with E-state index in [0.717, 1.165) is 32.1 Å². The van der Waals surface area contributed by atoms with Gasteiger partial charge in [0.05, 0.1) is 0 Å². The molecule has 5 fully saturated rings. The number of nitrogens with one attached hydrogen (secondary N) is 1. The highest BCUT2D eigenvalue weighted by Crippen LogP contribution is 2.70. The summed E-state index contributed by atoms with van der Waals surface area (Å²) >= 11 is 0. The molecule has 0 aromatic carbocycles. The maximum atomic E-state index is 12.6. The normalized spacial score (nSPS) is 42.4. The minimum absolute atomic E-state index is 0.0447. The van der Waals surface area contributed by atoms with Crippen LogP contribution in [0.3, 0.4) is 0 Å². The summed E-state index contributed by atoms with van der Waals surface area (Å²) in [5.41, 5.74) is -0.385. The second kappa shape index (κ2) is 11.3. The minimum Gasteiger partial charge on any atom is -0.462 e. The lowest BCUT2D eigenvalue weighted by Gasteiger charge is -2.65. The molecule has 4 aliphatic carbocycles. The third-order valence-corrected chi connectivity index (χ3v) is 12.0. The lowest BCUT2D eigenvalue weighted by atomic mass is 9.42. The summed E-state index contributed by atoms with van der Waals surface area (Å²) in [5, 5.41) is 2.74. The van der Waals surface area contributed by atoms with Crippen LogP contribution in [-0.2, 0) is 43.4 Å². The average Bonchev–Trinajstić information content (AvgIpc) is 3.28. The van der Waals surface area contributed by atoms with Crippen LogP contribution in [0.2, 0.25) is 0 Å². The van der Waals surface area contributed by atoms with E-state index in [1.807, 2.05) is 0 Å². The van der Waals surface area contributed by atoms with Crippen molar-refractivity contribution in [2.75, 3.05) is 7.05 Å².